The Morgan fingerprint density at radius 1 is 1.18 bits per heavy atom. The highest BCUT2D eigenvalue weighted by molar-refractivity contribution is 9.10. The van der Waals surface area contributed by atoms with Crippen molar-refractivity contribution in [3.63, 3.8) is 0 Å². The van der Waals surface area contributed by atoms with E-state index in [2.05, 4.69) is 31.5 Å². The first-order valence-electron chi connectivity index (χ1n) is 14.4. The first-order valence-corrected chi connectivity index (χ1v) is 15.5. The number of aliphatic hydroxyl groups excluding tert-OH is 1. The van der Waals surface area contributed by atoms with Crippen molar-refractivity contribution in [1.29, 1.82) is 0 Å². The minimum atomic E-state index is -1.15. The number of benzene rings is 3. The number of rotatable bonds is 11. The lowest BCUT2D eigenvalue weighted by Crippen LogP contribution is -2.49. The summed E-state index contributed by atoms with van der Waals surface area (Å²) in [5, 5.41) is 16.4. The van der Waals surface area contributed by atoms with Crippen LogP contribution in [0.3, 0.4) is 0 Å². The van der Waals surface area contributed by atoms with Crippen molar-refractivity contribution < 1.29 is 19.5 Å². The molecule has 0 fully saturated rings. The van der Waals surface area contributed by atoms with Gasteiger partial charge in [-0.2, -0.15) is 0 Å². The molecule has 0 bridgehead atoms. The number of carbonyl (C=O) groups is 3. The number of fused-ring (bicyclic) bond motifs is 2. The summed E-state index contributed by atoms with van der Waals surface area (Å²) < 4.78 is 2.03. The van der Waals surface area contributed by atoms with E-state index in [1.807, 2.05) is 36.4 Å². The third kappa shape index (κ3) is 7.42. The molecule has 0 radical (unpaired) electrons. The molecule has 4 aromatic rings. The van der Waals surface area contributed by atoms with Gasteiger partial charge in [0.15, 0.2) is 0 Å². The van der Waals surface area contributed by atoms with Crippen molar-refractivity contribution in [2.45, 2.75) is 45.1 Å². The summed E-state index contributed by atoms with van der Waals surface area (Å²) in [4.78, 5) is 56.6. The summed E-state index contributed by atoms with van der Waals surface area (Å²) in [5.74, 6) is -0.886. The molecule has 3 amide bonds. The third-order valence-corrected chi connectivity index (χ3v) is 8.89. The number of nitrogens with zero attached hydrogens (tertiary/aromatic N) is 3. The Kier molecular flexibility index (Phi) is 9.98. The predicted octanol–water partition coefficient (Wildman–Crippen LogP) is 2.97. The van der Waals surface area contributed by atoms with E-state index in [0.29, 0.717) is 32.5 Å². The summed E-state index contributed by atoms with van der Waals surface area (Å²) >= 11 is 9.47. The SMILES string of the molecule is C[C@@H](O)[C@H](N)C(=O)N(CCC(=O)NCCn1cnc2cc(Br)c(Cl)cc2c1=O)Cc1cccc(-c2ccc3c(c2)CNC3=O)c1. The average Bonchev–Trinajstić information content (AvgIpc) is 3.40. The first kappa shape index (κ1) is 32.3. The maximum Gasteiger partial charge on any atom is 0.261 e. The zero-order valence-electron chi connectivity index (χ0n) is 24.4. The Labute approximate surface area is 272 Å². The summed E-state index contributed by atoms with van der Waals surface area (Å²) in [6, 6.07) is 15.4. The number of aromatic nitrogens is 2. The number of nitrogens with two attached hydrogens (primary N) is 1. The van der Waals surface area contributed by atoms with E-state index in [9.17, 15) is 24.3 Å². The molecule has 2 atom stereocenters. The van der Waals surface area contributed by atoms with Gasteiger partial charge in [-0.1, -0.05) is 35.9 Å². The van der Waals surface area contributed by atoms with Crippen molar-refractivity contribution in [1.82, 2.24) is 25.1 Å². The van der Waals surface area contributed by atoms with E-state index >= 15 is 0 Å². The van der Waals surface area contributed by atoms with Crippen LogP contribution in [-0.2, 0) is 29.2 Å². The van der Waals surface area contributed by atoms with Crippen molar-refractivity contribution >= 4 is 56.2 Å². The van der Waals surface area contributed by atoms with Crippen LogP contribution < -0.4 is 21.9 Å². The molecule has 0 aliphatic carbocycles. The van der Waals surface area contributed by atoms with E-state index in [1.165, 1.54) is 22.7 Å². The summed E-state index contributed by atoms with van der Waals surface area (Å²) in [5.41, 5.74) is 10.5. The summed E-state index contributed by atoms with van der Waals surface area (Å²) in [6.45, 7) is 2.51. The normalized spacial score (nSPS) is 13.7. The van der Waals surface area contributed by atoms with E-state index in [-0.39, 0.29) is 50.0 Å². The lowest BCUT2D eigenvalue weighted by molar-refractivity contribution is -0.136. The standard InChI is InChI=1S/C32H32BrClN6O5/c1-18(41)29(35)32(45)39(16-19-3-2-4-20(11-19)21-5-6-23-22(12-21)15-37-30(23)43)9-7-28(42)36-8-10-40-17-38-27-14-25(33)26(34)13-24(27)31(40)44/h2-6,11-14,17-18,29,41H,7-10,15-16,35H2,1H3,(H,36,42)(H,37,43)/t18-,29+/m1/s1. The van der Waals surface area contributed by atoms with Crippen LogP contribution in [0.25, 0.3) is 22.0 Å². The molecule has 5 N–H and O–H groups in total. The highest BCUT2D eigenvalue weighted by Crippen LogP contribution is 2.27. The molecule has 45 heavy (non-hydrogen) atoms. The molecule has 0 saturated heterocycles. The molecule has 1 aliphatic heterocycles. The van der Waals surface area contributed by atoms with Crippen LogP contribution in [0, 0.1) is 0 Å². The average molecular weight is 696 g/mol. The minimum absolute atomic E-state index is 0.0156. The number of halogens is 2. The lowest BCUT2D eigenvalue weighted by Gasteiger charge is -2.27. The highest BCUT2D eigenvalue weighted by Gasteiger charge is 2.26. The van der Waals surface area contributed by atoms with Gasteiger partial charge in [-0.05, 0) is 75.4 Å². The number of hydrogen-bond acceptors (Lipinski definition) is 7. The fourth-order valence-corrected chi connectivity index (χ4v) is 5.61. The number of nitrogens with one attached hydrogen (secondary N) is 2. The molecule has 3 aromatic carbocycles. The quantitative estimate of drug-likeness (QED) is 0.188. The fourth-order valence-electron chi connectivity index (χ4n) is 5.12. The van der Waals surface area contributed by atoms with Crippen LogP contribution in [0.15, 0.2) is 70.2 Å². The second-order valence-corrected chi connectivity index (χ2v) is 12.2. The smallest absolute Gasteiger partial charge is 0.261 e. The van der Waals surface area contributed by atoms with E-state index in [4.69, 9.17) is 17.3 Å². The zero-order chi connectivity index (χ0) is 32.2. The maximum absolute atomic E-state index is 13.2. The minimum Gasteiger partial charge on any atom is -0.391 e. The van der Waals surface area contributed by atoms with Crippen molar-refractivity contribution in [2.75, 3.05) is 13.1 Å². The summed E-state index contributed by atoms with van der Waals surface area (Å²) in [7, 11) is 0. The van der Waals surface area contributed by atoms with Crippen molar-refractivity contribution in [2.24, 2.45) is 5.73 Å². The molecule has 5 rings (SSSR count). The Morgan fingerprint density at radius 2 is 1.96 bits per heavy atom. The zero-order valence-corrected chi connectivity index (χ0v) is 26.8. The van der Waals surface area contributed by atoms with Gasteiger partial charge in [-0.25, -0.2) is 4.98 Å². The van der Waals surface area contributed by atoms with Crippen molar-refractivity contribution in [3.05, 3.63) is 97.5 Å². The number of amides is 3. The predicted molar refractivity (Wildman–Crippen MR) is 174 cm³/mol. The van der Waals surface area contributed by atoms with E-state index in [1.54, 1.807) is 18.2 Å². The van der Waals surface area contributed by atoms with Gasteiger partial charge in [-0.3, -0.25) is 23.7 Å². The molecule has 0 spiro atoms. The highest BCUT2D eigenvalue weighted by atomic mass is 79.9. The van der Waals surface area contributed by atoms with Gasteiger partial charge in [0, 0.05) is 49.2 Å². The fraction of sp³-hybridized carbons (Fsp3) is 0.281. The van der Waals surface area contributed by atoms with Gasteiger partial charge >= 0.3 is 0 Å². The lowest BCUT2D eigenvalue weighted by atomic mass is 9.98. The Bertz CT molecular complexity index is 1850. The molecule has 2 heterocycles. The van der Waals surface area contributed by atoms with Crippen molar-refractivity contribution in [3.8, 4) is 11.1 Å². The first-order chi connectivity index (χ1) is 21.5. The molecule has 1 aromatic heterocycles. The topological polar surface area (TPSA) is 160 Å². The summed E-state index contributed by atoms with van der Waals surface area (Å²) in [6.07, 6.45) is 0.327. The van der Waals surface area contributed by atoms with Gasteiger partial charge in [0.05, 0.1) is 28.4 Å². The van der Waals surface area contributed by atoms with Crippen LogP contribution in [0.2, 0.25) is 5.02 Å². The van der Waals surface area contributed by atoms with Crippen LogP contribution >= 0.6 is 27.5 Å². The largest absolute Gasteiger partial charge is 0.391 e. The van der Waals surface area contributed by atoms with Crippen LogP contribution in [0.1, 0.15) is 34.8 Å². The Balaban J connectivity index is 1.23. The van der Waals surface area contributed by atoms with Gasteiger partial charge in [-0.15, -0.1) is 0 Å². The van der Waals surface area contributed by atoms with Gasteiger partial charge < -0.3 is 26.4 Å². The molecular formula is C32H32BrClN6O5. The van der Waals surface area contributed by atoms with Crippen LogP contribution in [0.5, 0.6) is 0 Å². The van der Waals surface area contributed by atoms with Gasteiger partial charge in [0.25, 0.3) is 11.5 Å². The molecule has 13 heteroatoms. The number of aliphatic hydroxyl groups is 1. The second kappa shape index (κ2) is 13.9. The number of hydrogen-bond donors (Lipinski definition) is 4. The van der Waals surface area contributed by atoms with E-state index < -0.39 is 18.1 Å². The van der Waals surface area contributed by atoms with Gasteiger partial charge in [0.2, 0.25) is 11.8 Å². The maximum atomic E-state index is 13.2. The van der Waals surface area contributed by atoms with Crippen LogP contribution in [0.4, 0.5) is 0 Å². The monoisotopic (exact) mass is 694 g/mol. The number of carbonyl (C=O) groups excluding carboxylic acids is 3. The second-order valence-electron chi connectivity index (χ2n) is 10.9. The molecule has 1 aliphatic rings. The van der Waals surface area contributed by atoms with Crippen LogP contribution in [-0.4, -0.2) is 62.5 Å². The Hall–Kier alpha value is -4.10. The van der Waals surface area contributed by atoms with E-state index in [0.717, 1.165) is 22.3 Å². The molecular weight excluding hydrogens is 664 g/mol. The molecule has 11 nitrogen and oxygen atoms in total. The third-order valence-electron chi connectivity index (χ3n) is 7.69. The molecule has 0 saturated carbocycles. The molecule has 0 unspecified atom stereocenters. The molecule has 234 valence electrons. The Morgan fingerprint density at radius 3 is 2.73 bits per heavy atom. The van der Waals surface area contributed by atoms with Gasteiger partial charge in [0.1, 0.15) is 6.04 Å².